The molecule has 90 valence electrons. The van der Waals surface area contributed by atoms with Crippen LogP contribution in [0, 0.1) is 5.41 Å². The van der Waals surface area contributed by atoms with E-state index in [1.165, 1.54) is 19.3 Å². The summed E-state index contributed by atoms with van der Waals surface area (Å²) in [6, 6.07) is 2.03. The SMILES string of the molecule is CCCC1(CNc2ccn(C)n2)CCNC1. The monoisotopic (exact) mass is 222 g/mol. The second-order valence-corrected chi connectivity index (χ2v) is 4.90. The predicted molar refractivity (Wildman–Crippen MR) is 66.5 cm³/mol. The summed E-state index contributed by atoms with van der Waals surface area (Å²) in [7, 11) is 1.95. The van der Waals surface area contributed by atoms with Gasteiger partial charge in [-0.05, 0) is 19.4 Å². The molecule has 1 fully saturated rings. The molecule has 4 nitrogen and oxygen atoms in total. The molecule has 1 unspecified atom stereocenters. The third kappa shape index (κ3) is 2.55. The van der Waals surface area contributed by atoms with Crippen LogP contribution in [-0.4, -0.2) is 29.4 Å². The molecule has 0 radical (unpaired) electrons. The van der Waals surface area contributed by atoms with Crippen molar-refractivity contribution in [2.45, 2.75) is 26.2 Å². The Morgan fingerprint density at radius 1 is 1.62 bits per heavy atom. The van der Waals surface area contributed by atoms with Crippen molar-refractivity contribution in [2.24, 2.45) is 12.5 Å². The zero-order chi connectivity index (χ0) is 11.4. The third-order valence-electron chi connectivity index (χ3n) is 3.47. The topological polar surface area (TPSA) is 41.9 Å². The van der Waals surface area contributed by atoms with E-state index in [-0.39, 0.29) is 0 Å². The van der Waals surface area contributed by atoms with Crippen LogP contribution in [0.4, 0.5) is 5.82 Å². The van der Waals surface area contributed by atoms with E-state index in [1.54, 1.807) is 0 Å². The average Bonchev–Trinajstić information content (AvgIpc) is 2.86. The largest absolute Gasteiger partial charge is 0.368 e. The fourth-order valence-corrected chi connectivity index (χ4v) is 2.57. The lowest BCUT2D eigenvalue weighted by Gasteiger charge is -2.28. The van der Waals surface area contributed by atoms with Crippen LogP contribution in [0.25, 0.3) is 0 Å². The minimum absolute atomic E-state index is 0.437. The third-order valence-corrected chi connectivity index (χ3v) is 3.47. The highest BCUT2D eigenvalue weighted by molar-refractivity contribution is 5.32. The number of aryl methyl sites for hydroxylation is 1. The number of hydrogen-bond donors (Lipinski definition) is 2. The summed E-state index contributed by atoms with van der Waals surface area (Å²) in [6.45, 7) is 5.59. The second kappa shape index (κ2) is 4.87. The normalized spacial score (nSPS) is 24.9. The van der Waals surface area contributed by atoms with Gasteiger partial charge in [0.15, 0.2) is 0 Å². The molecule has 2 heterocycles. The first-order valence-corrected chi connectivity index (χ1v) is 6.18. The van der Waals surface area contributed by atoms with Gasteiger partial charge < -0.3 is 10.6 Å². The summed E-state index contributed by atoms with van der Waals surface area (Å²) in [6.07, 6.45) is 5.80. The Kier molecular flexibility index (Phi) is 3.49. The summed E-state index contributed by atoms with van der Waals surface area (Å²) in [5.74, 6) is 0.991. The molecule has 1 saturated heterocycles. The molecular formula is C12H22N4. The summed E-state index contributed by atoms with van der Waals surface area (Å²) in [5, 5.41) is 11.3. The zero-order valence-corrected chi connectivity index (χ0v) is 10.3. The van der Waals surface area contributed by atoms with E-state index in [2.05, 4.69) is 22.7 Å². The molecule has 2 rings (SSSR count). The Bertz CT molecular complexity index is 326. The molecule has 0 spiro atoms. The molecule has 0 saturated carbocycles. The molecule has 0 amide bonds. The van der Waals surface area contributed by atoms with Gasteiger partial charge in [0.05, 0.1) is 0 Å². The van der Waals surface area contributed by atoms with E-state index in [1.807, 2.05) is 24.0 Å². The molecule has 1 aliphatic heterocycles. The van der Waals surface area contributed by atoms with Crippen molar-refractivity contribution < 1.29 is 0 Å². The van der Waals surface area contributed by atoms with Crippen molar-refractivity contribution in [1.82, 2.24) is 15.1 Å². The molecule has 4 heteroatoms. The van der Waals surface area contributed by atoms with Crippen LogP contribution in [-0.2, 0) is 7.05 Å². The van der Waals surface area contributed by atoms with Gasteiger partial charge in [-0.3, -0.25) is 4.68 Å². The number of anilines is 1. The van der Waals surface area contributed by atoms with E-state index in [0.29, 0.717) is 5.41 Å². The van der Waals surface area contributed by atoms with Gasteiger partial charge in [0.25, 0.3) is 0 Å². The molecule has 16 heavy (non-hydrogen) atoms. The minimum atomic E-state index is 0.437. The molecule has 1 aromatic heterocycles. The van der Waals surface area contributed by atoms with Gasteiger partial charge in [-0.1, -0.05) is 13.3 Å². The Morgan fingerprint density at radius 3 is 3.06 bits per heavy atom. The maximum atomic E-state index is 4.35. The molecule has 1 aromatic rings. The standard InChI is InChI=1S/C12H22N4/c1-3-5-12(6-7-13-9-12)10-14-11-4-8-16(2)15-11/h4,8,13H,3,5-7,9-10H2,1-2H3,(H,14,15). The van der Waals surface area contributed by atoms with E-state index in [0.717, 1.165) is 25.5 Å². The lowest BCUT2D eigenvalue weighted by atomic mass is 9.82. The highest BCUT2D eigenvalue weighted by Gasteiger charge is 2.32. The molecule has 0 aromatic carbocycles. The number of hydrogen-bond acceptors (Lipinski definition) is 3. The molecular weight excluding hydrogens is 200 g/mol. The van der Waals surface area contributed by atoms with Gasteiger partial charge in [-0.15, -0.1) is 0 Å². The Labute approximate surface area is 97.4 Å². The summed E-state index contributed by atoms with van der Waals surface area (Å²) < 4.78 is 1.84. The van der Waals surface area contributed by atoms with E-state index in [4.69, 9.17) is 0 Å². The average molecular weight is 222 g/mol. The van der Waals surface area contributed by atoms with Gasteiger partial charge >= 0.3 is 0 Å². The van der Waals surface area contributed by atoms with Crippen molar-refractivity contribution >= 4 is 5.82 Å². The van der Waals surface area contributed by atoms with Crippen molar-refractivity contribution in [3.63, 3.8) is 0 Å². The fourth-order valence-electron chi connectivity index (χ4n) is 2.57. The van der Waals surface area contributed by atoms with Crippen LogP contribution in [0.2, 0.25) is 0 Å². The fraction of sp³-hybridized carbons (Fsp3) is 0.750. The Morgan fingerprint density at radius 2 is 2.50 bits per heavy atom. The van der Waals surface area contributed by atoms with Gasteiger partial charge in [0.1, 0.15) is 5.82 Å². The number of rotatable bonds is 5. The maximum absolute atomic E-state index is 4.35. The van der Waals surface area contributed by atoms with Crippen molar-refractivity contribution in [3.8, 4) is 0 Å². The van der Waals surface area contributed by atoms with E-state index >= 15 is 0 Å². The van der Waals surface area contributed by atoms with Crippen LogP contribution >= 0.6 is 0 Å². The molecule has 0 bridgehead atoms. The van der Waals surface area contributed by atoms with Gasteiger partial charge in [0, 0.05) is 37.8 Å². The van der Waals surface area contributed by atoms with Crippen LogP contribution in [0.1, 0.15) is 26.2 Å². The number of nitrogens with one attached hydrogen (secondary N) is 2. The maximum Gasteiger partial charge on any atom is 0.147 e. The van der Waals surface area contributed by atoms with Crippen molar-refractivity contribution in [2.75, 3.05) is 25.0 Å². The quantitative estimate of drug-likeness (QED) is 0.795. The highest BCUT2D eigenvalue weighted by atomic mass is 15.3. The van der Waals surface area contributed by atoms with Crippen LogP contribution < -0.4 is 10.6 Å². The van der Waals surface area contributed by atoms with Crippen molar-refractivity contribution in [1.29, 1.82) is 0 Å². The smallest absolute Gasteiger partial charge is 0.147 e. The second-order valence-electron chi connectivity index (χ2n) is 4.90. The number of nitrogens with zero attached hydrogens (tertiary/aromatic N) is 2. The Hall–Kier alpha value is -1.03. The number of aromatic nitrogens is 2. The lowest BCUT2D eigenvalue weighted by Crippen LogP contribution is -2.32. The van der Waals surface area contributed by atoms with E-state index < -0.39 is 0 Å². The highest BCUT2D eigenvalue weighted by Crippen LogP contribution is 2.31. The van der Waals surface area contributed by atoms with Gasteiger partial charge in [-0.25, -0.2) is 0 Å². The summed E-state index contributed by atoms with van der Waals surface area (Å²) >= 11 is 0. The first-order valence-electron chi connectivity index (χ1n) is 6.18. The molecule has 2 N–H and O–H groups in total. The molecule has 0 aliphatic carbocycles. The zero-order valence-electron chi connectivity index (χ0n) is 10.3. The van der Waals surface area contributed by atoms with Crippen molar-refractivity contribution in [3.05, 3.63) is 12.3 Å². The minimum Gasteiger partial charge on any atom is -0.368 e. The first kappa shape index (κ1) is 11.5. The summed E-state index contributed by atoms with van der Waals surface area (Å²) in [5.41, 5.74) is 0.437. The van der Waals surface area contributed by atoms with Gasteiger partial charge in [0.2, 0.25) is 0 Å². The predicted octanol–water partition coefficient (Wildman–Crippen LogP) is 1.61. The molecule has 1 atom stereocenters. The van der Waals surface area contributed by atoms with Crippen LogP contribution in [0.3, 0.4) is 0 Å². The van der Waals surface area contributed by atoms with Crippen LogP contribution in [0.5, 0.6) is 0 Å². The van der Waals surface area contributed by atoms with Gasteiger partial charge in [-0.2, -0.15) is 5.10 Å². The lowest BCUT2D eigenvalue weighted by molar-refractivity contribution is 0.314. The van der Waals surface area contributed by atoms with E-state index in [9.17, 15) is 0 Å². The van der Waals surface area contributed by atoms with Crippen LogP contribution in [0.15, 0.2) is 12.3 Å². The Balaban J connectivity index is 1.91. The molecule has 1 aliphatic rings. The summed E-state index contributed by atoms with van der Waals surface area (Å²) in [4.78, 5) is 0. The first-order chi connectivity index (χ1) is 7.74.